The smallest absolute Gasteiger partial charge is 0.334 e. The van der Waals surface area contributed by atoms with E-state index in [1.54, 1.807) is 31.2 Å². The van der Waals surface area contributed by atoms with Gasteiger partial charge in [-0.05, 0) is 38.5 Å². The second-order valence-corrected chi connectivity index (χ2v) is 6.83. The van der Waals surface area contributed by atoms with Gasteiger partial charge in [0, 0.05) is 10.9 Å². The molecule has 1 aromatic carbocycles. The molecule has 9 heteroatoms. The second-order valence-electron chi connectivity index (χ2n) is 6.39. The zero-order chi connectivity index (χ0) is 19.9. The molecule has 0 bridgehead atoms. The summed E-state index contributed by atoms with van der Waals surface area (Å²) in [5, 5.41) is 15.6. The number of ketones is 1. The van der Waals surface area contributed by atoms with Gasteiger partial charge in [-0.15, -0.1) is 0 Å². The quantitative estimate of drug-likeness (QED) is 0.319. The van der Waals surface area contributed by atoms with Crippen LogP contribution in [0.15, 0.2) is 28.8 Å². The van der Waals surface area contributed by atoms with Gasteiger partial charge in [0.15, 0.2) is 5.69 Å². The zero-order valence-electron chi connectivity index (χ0n) is 14.9. The first kappa shape index (κ1) is 19.0. The van der Waals surface area contributed by atoms with E-state index in [-0.39, 0.29) is 23.7 Å². The van der Waals surface area contributed by atoms with Gasteiger partial charge in [0.25, 0.3) is 0 Å². The second kappa shape index (κ2) is 6.77. The molecule has 0 N–H and O–H groups in total. The fourth-order valence-electron chi connectivity index (χ4n) is 3.77. The number of nitrogens with zero attached hydrogens (tertiary/aromatic N) is 2. The summed E-state index contributed by atoms with van der Waals surface area (Å²) in [6.07, 6.45) is 0. The molecule has 0 spiro atoms. The summed E-state index contributed by atoms with van der Waals surface area (Å²) < 4.78 is 10.4. The van der Waals surface area contributed by atoms with E-state index in [9.17, 15) is 19.7 Å². The number of hydrogen-bond donors (Lipinski definition) is 0. The van der Waals surface area contributed by atoms with E-state index in [1.807, 2.05) is 0 Å². The predicted octanol–water partition coefficient (Wildman–Crippen LogP) is 3.56. The lowest BCUT2D eigenvalue weighted by atomic mass is 9.94. The molecule has 1 aromatic heterocycles. The van der Waals surface area contributed by atoms with Crippen LogP contribution in [0.1, 0.15) is 42.7 Å². The van der Waals surface area contributed by atoms with Gasteiger partial charge in [-0.25, -0.2) is 0 Å². The number of rotatable bonds is 6. The molecule has 1 aliphatic rings. The number of carbonyl (C=O) groups excluding carboxylic acids is 2. The highest BCUT2D eigenvalue weighted by Gasteiger charge is 2.77. The van der Waals surface area contributed by atoms with Gasteiger partial charge in [0.2, 0.25) is 5.76 Å². The number of esters is 1. The lowest BCUT2D eigenvalue weighted by Crippen LogP contribution is -2.29. The van der Waals surface area contributed by atoms with Crippen LogP contribution in [0.5, 0.6) is 0 Å². The van der Waals surface area contributed by atoms with Crippen molar-refractivity contribution in [2.75, 3.05) is 6.61 Å². The number of aryl methyl sites for hydroxylation is 1. The molecule has 0 unspecified atom stereocenters. The average molecular weight is 393 g/mol. The molecule has 27 heavy (non-hydrogen) atoms. The van der Waals surface area contributed by atoms with Crippen molar-refractivity contribution < 1.29 is 23.8 Å². The van der Waals surface area contributed by atoms with E-state index in [0.717, 1.165) is 0 Å². The number of aromatic nitrogens is 1. The van der Waals surface area contributed by atoms with E-state index >= 15 is 0 Å². The SMILES string of the molecule is CCOC(=O)[C@@]1(C(C)=O)[C@H](c2ccc(Cl)cc2)[C@H]1c1onc(C)c1[N+](=O)[O-]. The third-order valence-electron chi connectivity index (χ3n) is 4.95. The van der Waals surface area contributed by atoms with E-state index < -0.39 is 33.9 Å². The maximum atomic E-state index is 12.8. The number of nitro groups is 1. The van der Waals surface area contributed by atoms with Crippen molar-refractivity contribution in [2.24, 2.45) is 5.41 Å². The molecule has 0 saturated heterocycles. The maximum absolute atomic E-state index is 12.8. The van der Waals surface area contributed by atoms with Crippen LogP contribution in [0, 0.1) is 22.5 Å². The van der Waals surface area contributed by atoms with Crippen LogP contribution >= 0.6 is 11.6 Å². The van der Waals surface area contributed by atoms with Crippen LogP contribution in [0.4, 0.5) is 5.69 Å². The number of Topliss-reactive ketones (excluding diaryl/α,β-unsaturated/α-hetero) is 1. The Kier molecular flexibility index (Phi) is 4.77. The van der Waals surface area contributed by atoms with Gasteiger partial charge >= 0.3 is 11.7 Å². The monoisotopic (exact) mass is 392 g/mol. The van der Waals surface area contributed by atoms with Crippen LogP contribution in [0.2, 0.25) is 5.02 Å². The highest BCUT2D eigenvalue weighted by atomic mass is 35.5. The summed E-state index contributed by atoms with van der Waals surface area (Å²) >= 11 is 5.93. The summed E-state index contributed by atoms with van der Waals surface area (Å²) in [6.45, 7) is 4.41. The largest absolute Gasteiger partial charge is 0.465 e. The Balaban J connectivity index is 2.19. The summed E-state index contributed by atoms with van der Waals surface area (Å²) in [6, 6.07) is 6.61. The van der Waals surface area contributed by atoms with Crippen LogP contribution < -0.4 is 0 Å². The fraction of sp³-hybridized carbons (Fsp3) is 0.389. The molecular weight excluding hydrogens is 376 g/mol. The van der Waals surface area contributed by atoms with E-state index in [0.29, 0.717) is 10.6 Å². The molecule has 1 fully saturated rings. The maximum Gasteiger partial charge on any atom is 0.334 e. The molecule has 3 atom stereocenters. The normalized spacial score (nSPS) is 23.7. The summed E-state index contributed by atoms with van der Waals surface area (Å²) in [7, 11) is 0. The van der Waals surface area contributed by atoms with Crippen LogP contribution in [-0.2, 0) is 14.3 Å². The Morgan fingerprint density at radius 1 is 1.33 bits per heavy atom. The minimum absolute atomic E-state index is 0.0748. The van der Waals surface area contributed by atoms with Gasteiger partial charge in [-0.2, -0.15) is 0 Å². The van der Waals surface area contributed by atoms with Gasteiger partial charge in [0.1, 0.15) is 11.2 Å². The number of carbonyl (C=O) groups is 2. The first-order chi connectivity index (χ1) is 12.8. The standard InChI is InChI=1S/C18H17ClN2O6/c1-4-26-17(23)18(10(3)22)13(11-5-7-12(19)8-6-11)14(18)16-15(21(24)25)9(2)20-27-16/h5-8,13-14H,4H2,1-3H3/t13-,14+,18+/m1/s1. The van der Waals surface area contributed by atoms with Crippen molar-refractivity contribution >= 4 is 29.0 Å². The molecule has 0 amide bonds. The molecule has 1 heterocycles. The lowest BCUT2D eigenvalue weighted by molar-refractivity contribution is -0.386. The fourth-order valence-corrected chi connectivity index (χ4v) is 3.89. The number of hydrogen-bond acceptors (Lipinski definition) is 7. The van der Waals surface area contributed by atoms with Gasteiger partial charge in [-0.1, -0.05) is 28.9 Å². The zero-order valence-corrected chi connectivity index (χ0v) is 15.6. The van der Waals surface area contributed by atoms with Crippen molar-refractivity contribution in [1.29, 1.82) is 0 Å². The van der Waals surface area contributed by atoms with Crippen molar-refractivity contribution in [3.05, 3.63) is 56.4 Å². The average Bonchev–Trinajstić information content (AvgIpc) is 3.16. The van der Waals surface area contributed by atoms with Gasteiger partial charge in [-0.3, -0.25) is 19.7 Å². The minimum atomic E-state index is -1.60. The number of benzene rings is 1. The van der Waals surface area contributed by atoms with Gasteiger partial charge < -0.3 is 9.26 Å². The molecule has 1 saturated carbocycles. The lowest BCUT2D eigenvalue weighted by Gasteiger charge is -2.13. The van der Waals surface area contributed by atoms with Crippen molar-refractivity contribution in [1.82, 2.24) is 5.16 Å². The molecular formula is C18H17ClN2O6. The number of halogens is 1. The van der Waals surface area contributed by atoms with Crippen molar-refractivity contribution in [3.8, 4) is 0 Å². The molecule has 8 nitrogen and oxygen atoms in total. The predicted molar refractivity (Wildman–Crippen MR) is 94.6 cm³/mol. The topological polar surface area (TPSA) is 113 Å². The van der Waals surface area contributed by atoms with Crippen LogP contribution in [-0.4, -0.2) is 28.4 Å². The van der Waals surface area contributed by atoms with Crippen LogP contribution in [0.25, 0.3) is 0 Å². The Morgan fingerprint density at radius 3 is 2.48 bits per heavy atom. The molecule has 3 rings (SSSR count). The van der Waals surface area contributed by atoms with Crippen molar-refractivity contribution in [3.63, 3.8) is 0 Å². The van der Waals surface area contributed by atoms with E-state index in [1.165, 1.54) is 13.8 Å². The summed E-state index contributed by atoms with van der Waals surface area (Å²) in [5.74, 6) is -2.82. The molecule has 1 aliphatic carbocycles. The minimum Gasteiger partial charge on any atom is -0.465 e. The van der Waals surface area contributed by atoms with Gasteiger partial charge in [0.05, 0.1) is 17.4 Å². The third-order valence-corrected chi connectivity index (χ3v) is 5.20. The highest BCUT2D eigenvalue weighted by molar-refractivity contribution is 6.30. The summed E-state index contributed by atoms with van der Waals surface area (Å²) in [4.78, 5) is 36.3. The summed E-state index contributed by atoms with van der Waals surface area (Å²) in [5.41, 5.74) is -1.21. The number of ether oxygens (including phenoxy) is 1. The Labute approximate surface area is 159 Å². The third kappa shape index (κ3) is 2.80. The van der Waals surface area contributed by atoms with E-state index in [4.69, 9.17) is 20.9 Å². The Hall–Kier alpha value is -2.74. The molecule has 2 aromatic rings. The Morgan fingerprint density at radius 2 is 1.96 bits per heavy atom. The van der Waals surface area contributed by atoms with E-state index in [2.05, 4.69) is 5.16 Å². The highest BCUT2D eigenvalue weighted by Crippen LogP contribution is 2.72. The first-order valence-electron chi connectivity index (χ1n) is 8.31. The first-order valence-corrected chi connectivity index (χ1v) is 8.68. The molecule has 0 aliphatic heterocycles. The Bertz CT molecular complexity index is 922. The van der Waals surface area contributed by atoms with Crippen LogP contribution in [0.3, 0.4) is 0 Å². The molecule has 0 radical (unpaired) electrons. The molecule has 142 valence electrons. The van der Waals surface area contributed by atoms with Crippen molar-refractivity contribution in [2.45, 2.75) is 32.6 Å².